The minimum atomic E-state index is -1.39. The zero-order chi connectivity index (χ0) is 37.9. The van der Waals surface area contributed by atoms with Crippen LogP contribution in [0.15, 0.2) is 107 Å². The van der Waals surface area contributed by atoms with Crippen molar-refractivity contribution in [1.82, 2.24) is 19.9 Å². The number of aromatic nitrogens is 4. The molecule has 4 N–H and O–H groups in total. The van der Waals surface area contributed by atoms with Gasteiger partial charge in [-0.05, 0) is 76.9 Å². The first-order valence-electron chi connectivity index (χ1n) is 17.3. The molecule has 12 nitrogen and oxygen atoms in total. The Morgan fingerprint density at radius 2 is 0.909 bits per heavy atom. The maximum atomic E-state index is 13.6. The van der Waals surface area contributed by atoms with Crippen molar-refractivity contribution in [2.45, 2.75) is 18.3 Å². The van der Waals surface area contributed by atoms with Gasteiger partial charge in [-0.2, -0.15) is 0 Å². The van der Waals surface area contributed by atoms with Crippen molar-refractivity contribution in [2.75, 3.05) is 0 Å². The molecule has 0 spiro atoms. The summed E-state index contributed by atoms with van der Waals surface area (Å²) in [6.45, 7) is 0. The lowest BCUT2D eigenvalue weighted by Crippen LogP contribution is -2.30. The van der Waals surface area contributed by atoms with Crippen molar-refractivity contribution < 1.29 is 29.4 Å². The van der Waals surface area contributed by atoms with Crippen LogP contribution >= 0.6 is 0 Å². The number of carbonyl (C=O) groups is 4. The van der Waals surface area contributed by atoms with Crippen LogP contribution in [0.1, 0.15) is 76.0 Å². The molecule has 8 aromatic rings. The summed E-state index contributed by atoms with van der Waals surface area (Å²) in [6.07, 6.45) is 0.308. The van der Waals surface area contributed by atoms with Gasteiger partial charge in [0.05, 0.1) is 21.8 Å². The van der Waals surface area contributed by atoms with Gasteiger partial charge in [-0.3, -0.25) is 28.8 Å². The van der Waals surface area contributed by atoms with Gasteiger partial charge in [-0.1, -0.05) is 48.5 Å². The predicted octanol–water partition coefficient (Wildman–Crippen LogP) is 5.79. The molecule has 12 heteroatoms. The van der Waals surface area contributed by atoms with Crippen LogP contribution in [0, 0.1) is 0 Å². The predicted molar refractivity (Wildman–Crippen MR) is 202 cm³/mol. The number of aromatic hydroxyl groups is 2. The molecule has 2 aliphatic carbocycles. The number of fused-ring (bicyclic) bond motifs is 2. The molecular weight excluding hydrogens is 700 g/mol. The molecule has 2 heterocycles. The third-order valence-electron chi connectivity index (χ3n) is 10.6. The largest absolute Gasteiger partial charge is 0.508 e. The van der Waals surface area contributed by atoms with Crippen LogP contribution in [-0.4, -0.2) is 53.3 Å². The highest BCUT2D eigenvalue weighted by molar-refractivity contribution is 6.33. The van der Waals surface area contributed by atoms with Gasteiger partial charge in [0.25, 0.3) is 11.1 Å². The lowest BCUT2D eigenvalue weighted by Gasteiger charge is -2.22. The maximum Gasteiger partial charge on any atom is 0.258 e. The Morgan fingerprint density at radius 1 is 0.491 bits per heavy atom. The van der Waals surface area contributed by atoms with Crippen molar-refractivity contribution in [2.24, 2.45) is 0 Å². The van der Waals surface area contributed by atoms with E-state index in [0.29, 0.717) is 50.2 Å². The SMILES string of the molecule is O=C1c2cccc3cc(O)cc(c23)C(=O)C1c1nc2ccc(Cc3ccc4nc(C5C(=O)c6cccc7cc(O)cc(c67)C5=O)[nH]c(=O)c4c3)cc2c(=O)[nH]1. The van der Waals surface area contributed by atoms with Crippen LogP contribution in [0.3, 0.4) is 0 Å². The summed E-state index contributed by atoms with van der Waals surface area (Å²) in [4.78, 5) is 95.8. The van der Waals surface area contributed by atoms with E-state index in [4.69, 9.17) is 0 Å². The van der Waals surface area contributed by atoms with Gasteiger partial charge in [0, 0.05) is 33.0 Å². The summed E-state index contributed by atoms with van der Waals surface area (Å²) >= 11 is 0. The Bertz CT molecular complexity index is 3040. The summed E-state index contributed by atoms with van der Waals surface area (Å²) in [6, 6.07) is 25.6. The molecule has 2 unspecified atom stereocenters. The smallest absolute Gasteiger partial charge is 0.258 e. The third kappa shape index (κ3) is 4.78. The van der Waals surface area contributed by atoms with Crippen LogP contribution in [-0.2, 0) is 6.42 Å². The topological polar surface area (TPSA) is 200 Å². The quantitative estimate of drug-likeness (QED) is 0.161. The average molecular weight is 725 g/mol. The van der Waals surface area contributed by atoms with E-state index in [2.05, 4.69) is 19.9 Å². The highest BCUT2D eigenvalue weighted by Gasteiger charge is 2.40. The number of aromatic amines is 2. The minimum Gasteiger partial charge on any atom is -0.508 e. The van der Waals surface area contributed by atoms with Gasteiger partial charge in [0.2, 0.25) is 0 Å². The molecule has 0 amide bonds. The highest BCUT2D eigenvalue weighted by Crippen LogP contribution is 2.39. The first-order valence-corrected chi connectivity index (χ1v) is 17.3. The fourth-order valence-electron chi connectivity index (χ4n) is 8.12. The molecule has 0 saturated heterocycles. The molecule has 0 radical (unpaired) electrons. The Labute approximate surface area is 307 Å². The van der Waals surface area contributed by atoms with E-state index < -0.39 is 46.1 Å². The van der Waals surface area contributed by atoms with E-state index in [-0.39, 0.29) is 56.1 Å². The summed E-state index contributed by atoms with van der Waals surface area (Å²) in [5.41, 5.74) is 1.83. The lowest BCUT2D eigenvalue weighted by molar-refractivity contribution is 0.0835. The number of carbonyl (C=O) groups excluding carboxylic acids is 4. The van der Waals surface area contributed by atoms with Crippen molar-refractivity contribution in [3.05, 3.63) is 163 Å². The van der Waals surface area contributed by atoms with Gasteiger partial charge < -0.3 is 20.2 Å². The Balaban J connectivity index is 0.954. The van der Waals surface area contributed by atoms with Crippen molar-refractivity contribution in [1.29, 1.82) is 0 Å². The van der Waals surface area contributed by atoms with Gasteiger partial charge >= 0.3 is 0 Å². The fraction of sp³-hybridized carbons (Fsp3) is 0.0698. The summed E-state index contributed by atoms with van der Waals surface area (Å²) in [7, 11) is 0. The van der Waals surface area contributed by atoms with Gasteiger partial charge in [-0.15, -0.1) is 0 Å². The first kappa shape index (κ1) is 32.1. The molecular formula is C43H24N4O8. The van der Waals surface area contributed by atoms with E-state index >= 15 is 0 Å². The fourth-order valence-corrected chi connectivity index (χ4v) is 8.12. The number of rotatable bonds is 4. The average Bonchev–Trinajstić information content (AvgIpc) is 3.16. The molecule has 55 heavy (non-hydrogen) atoms. The second kappa shape index (κ2) is 11.4. The van der Waals surface area contributed by atoms with Crippen LogP contribution < -0.4 is 11.1 Å². The van der Waals surface area contributed by atoms with Crippen molar-refractivity contribution in [3.63, 3.8) is 0 Å². The van der Waals surface area contributed by atoms with E-state index in [1.807, 2.05) is 0 Å². The normalized spacial score (nSPS) is 16.5. The summed E-state index contributed by atoms with van der Waals surface area (Å²) in [5, 5.41) is 23.0. The van der Waals surface area contributed by atoms with Crippen LogP contribution in [0.2, 0.25) is 0 Å². The number of phenols is 2. The second-order valence-corrected chi connectivity index (χ2v) is 13.9. The van der Waals surface area contributed by atoms with Crippen LogP contribution in [0.4, 0.5) is 0 Å². The number of Topliss-reactive ketones (excluding diaryl/α,β-unsaturated/α-hetero) is 4. The van der Waals surface area contributed by atoms with Gasteiger partial charge in [0.15, 0.2) is 23.1 Å². The molecule has 10 rings (SSSR count). The monoisotopic (exact) mass is 724 g/mol. The van der Waals surface area contributed by atoms with Crippen molar-refractivity contribution in [3.8, 4) is 11.5 Å². The number of ketones is 4. The molecule has 264 valence electrons. The standard InChI is InChI=1S/C43H24N4O8/c48-22-14-20-3-1-5-24-32(20)28(16-22)38(52)34(36(24)50)40-44-30-9-7-18(12-26(30)42(54)46-40)11-19-8-10-31-27(13-19)43(55)47-41(45-31)35-37(51)25-6-2-4-21-15-23(49)17-29(33(21)25)39(35)53/h1-10,12-17,34-35,48-49H,11H2,(H,44,46,54)(H,45,47,55). The number of nitrogens with one attached hydrogen (secondary N) is 2. The zero-order valence-corrected chi connectivity index (χ0v) is 28.3. The van der Waals surface area contributed by atoms with E-state index in [0.717, 1.165) is 0 Å². The van der Waals surface area contributed by atoms with E-state index in [1.165, 1.54) is 24.3 Å². The summed E-state index contributed by atoms with van der Waals surface area (Å²) < 4.78 is 0. The lowest BCUT2D eigenvalue weighted by atomic mass is 9.79. The number of H-pyrrole nitrogens is 2. The first-order chi connectivity index (χ1) is 26.5. The maximum absolute atomic E-state index is 13.6. The zero-order valence-electron chi connectivity index (χ0n) is 28.3. The van der Waals surface area contributed by atoms with Crippen molar-refractivity contribution >= 4 is 66.5 Å². The Hall–Kier alpha value is -7.60. The Kier molecular flexibility index (Phi) is 6.68. The number of hydrogen-bond acceptors (Lipinski definition) is 10. The molecule has 2 aromatic heterocycles. The third-order valence-corrected chi connectivity index (χ3v) is 10.6. The molecule has 0 bridgehead atoms. The number of nitrogens with zero attached hydrogens (tertiary/aromatic N) is 2. The van der Waals surface area contributed by atoms with Crippen LogP contribution in [0.25, 0.3) is 43.4 Å². The van der Waals surface area contributed by atoms with Gasteiger partial charge in [-0.25, -0.2) is 9.97 Å². The minimum absolute atomic E-state index is 0.0945. The number of hydrogen-bond donors (Lipinski definition) is 4. The second-order valence-electron chi connectivity index (χ2n) is 13.9. The highest BCUT2D eigenvalue weighted by atomic mass is 16.3. The van der Waals surface area contributed by atoms with E-state index in [9.17, 15) is 39.0 Å². The molecule has 2 aliphatic rings. The molecule has 6 aromatic carbocycles. The summed E-state index contributed by atoms with van der Waals surface area (Å²) in [5.74, 6) is -5.36. The molecule has 0 aliphatic heterocycles. The molecule has 2 atom stereocenters. The van der Waals surface area contributed by atoms with Gasteiger partial charge in [0.1, 0.15) is 35.0 Å². The molecule has 0 saturated carbocycles. The Morgan fingerprint density at radius 3 is 1.35 bits per heavy atom. The van der Waals surface area contributed by atoms with Crippen LogP contribution in [0.5, 0.6) is 11.5 Å². The van der Waals surface area contributed by atoms with E-state index in [1.54, 1.807) is 72.8 Å². The number of phenolic OH excluding ortho intramolecular Hbond substituents is 2. The molecule has 0 fully saturated rings. The number of benzene rings is 6.